The van der Waals surface area contributed by atoms with Crippen LogP contribution in [0.15, 0.2) is 30.9 Å². The Hall–Kier alpha value is -2.63. The highest BCUT2D eigenvalue weighted by atomic mass is 16.2. The fourth-order valence-corrected chi connectivity index (χ4v) is 3.92. The van der Waals surface area contributed by atoms with Crippen LogP contribution in [0.5, 0.6) is 0 Å². The quantitative estimate of drug-likeness (QED) is 0.779. The largest absolute Gasteiger partial charge is 0.331 e. The number of amides is 1. The summed E-state index contributed by atoms with van der Waals surface area (Å²) in [6.07, 6.45) is 9.77. The summed E-state index contributed by atoms with van der Waals surface area (Å²) in [6, 6.07) is 3.90. The second kappa shape index (κ2) is 6.35. The molecule has 1 saturated heterocycles. The van der Waals surface area contributed by atoms with Gasteiger partial charge in [-0.25, -0.2) is 4.98 Å². The van der Waals surface area contributed by atoms with Crippen molar-refractivity contribution < 1.29 is 4.79 Å². The topological polar surface area (TPSA) is 66.3 Å². The first kappa shape index (κ1) is 15.9. The molecule has 3 aromatic rings. The molecule has 1 aliphatic heterocycles. The number of pyridine rings is 1. The minimum atomic E-state index is 0.0925. The molecule has 1 amide bonds. The van der Waals surface area contributed by atoms with Gasteiger partial charge in [0.05, 0.1) is 29.8 Å². The number of imidazole rings is 1. The van der Waals surface area contributed by atoms with Gasteiger partial charge in [0.1, 0.15) is 0 Å². The number of H-pyrrole nitrogens is 1. The van der Waals surface area contributed by atoms with E-state index in [1.807, 2.05) is 41.5 Å². The predicted molar refractivity (Wildman–Crippen MR) is 95.5 cm³/mol. The highest BCUT2D eigenvalue weighted by Gasteiger charge is 2.30. The van der Waals surface area contributed by atoms with Gasteiger partial charge in [0.25, 0.3) is 5.91 Å². The summed E-state index contributed by atoms with van der Waals surface area (Å²) >= 11 is 0. The molecule has 1 aliphatic rings. The molecule has 0 aliphatic carbocycles. The molecule has 0 radical (unpaired) electrons. The second-order valence-corrected chi connectivity index (χ2v) is 6.85. The van der Waals surface area contributed by atoms with Crippen molar-refractivity contribution in [1.82, 2.24) is 24.5 Å². The number of aromatic amines is 1. The molecular weight excluding hydrogens is 314 g/mol. The number of aryl methyl sites for hydroxylation is 2. The van der Waals surface area contributed by atoms with Gasteiger partial charge in [0.2, 0.25) is 0 Å². The molecule has 1 N–H and O–H groups in total. The van der Waals surface area contributed by atoms with Gasteiger partial charge in [-0.05, 0) is 38.8 Å². The molecule has 0 bridgehead atoms. The number of carbonyl (C=O) groups excluding carboxylic acids is 1. The number of likely N-dealkylation sites (tertiary alicyclic amines) is 1. The lowest BCUT2D eigenvalue weighted by molar-refractivity contribution is 0.0680. The number of hydrogen-bond acceptors (Lipinski definition) is 3. The maximum atomic E-state index is 13.3. The molecule has 0 unspecified atom stereocenters. The summed E-state index contributed by atoms with van der Waals surface area (Å²) in [6.45, 7) is 4.85. The van der Waals surface area contributed by atoms with Crippen molar-refractivity contribution in [3.63, 3.8) is 0 Å². The van der Waals surface area contributed by atoms with Gasteiger partial charge in [0, 0.05) is 29.6 Å². The Morgan fingerprint density at radius 1 is 1.28 bits per heavy atom. The number of fused-ring (bicyclic) bond motifs is 1. The summed E-state index contributed by atoms with van der Waals surface area (Å²) in [4.78, 5) is 19.5. The molecule has 130 valence electrons. The number of hydrogen-bond donors (Lipinski definition) is 1. The Morgan fingerprint density at radius 3 is 2.96 bits per heavy atom. The van der Waals surface area contributed by atoms with Crippen LogP contribution in [0.4, 0.5) is 0 Å². The molecule has 0 saturated carbocycles. The van der Waals surface area contributed by atoms with E-state index in [1.165, 1.54) is 5.56 Å². The normalized spacial score (nSPS) is 18.5. The van der Waals surface area contributed by atoms with Crippen LogP contribution in [0.25, 0.3) is 5.52 Å². The van der Waals surface area contributed by atoms with E-state index in [1.54, 1.807) is 12.5 Å². The van der Waals surface area contributed by atoms with Crippen LogP contribution in [0.1, 0.15) is 59.0 Å². The van der Waals surface area contributed by atoms with Crippen LogP contribution in [0.2, 0.25) is 0 Å². The van der Waals surface area contributed by atoms with Gasteiger partial charge in [-0.3, -0.25) is 9.89 Å². The molecule has 0 spiro atoms. The highest BCUT2D eigenvalue weighted by Crippen LogP contribution is 2.34. The number of carbonyl (C=O) groups is 1. The van der Waals surface area contributed by atoms with E-state index < -0.39 is 0 Å². The number of nitrogens with zero attached hydrogens (tertiary/aromatic N) is 4. The summed E-state index contributed by atoms with van der Waals surface area (Å²) in [7, 11) is 0. The third-order valence-electron chi connectivity index (χ3n) is 5.19. The summed E-state index contributed by atoms with van der Waals surface area (Å²) in [5.41, 5.74) is 4.90. The number of rotatable bonds is 2. The van der Waals surface area contributed by atoms with Crippen molar-refractivity contribution in [1.29, 1.82) is 0 Å². The van der Waals surface area contributed by atoms with Crippen molar-refractivity contribution in [2.75, 3.05) is 6.54 Å². The molecular formula is C19H23N5O. The molecule has 1 atom stereocenters. The standard InChI is InChI=1S/C19H23N5O/c1-13-18(14(2)22-21-13)17-6-4-3-5-8-24(17)19(25)15-7-9-23-12-20-11-16(23)10-15/h7,9-12,17H,3-6,8H2,1-2H3,(H,21,22)/t17-/m0/s1. The predicted octanol–water partition coefficient (Wildman–Crippen LogP) is 3.43. The van der Waals surface area contributed by atoms with Crippen molar-refractivity contribution in [2.24, 2.45) is 0 Å². The lowest BCUT2D eigenvalue weighted by Gasteiger charge is -2.30. The Kier molecular flexibility index (Phi) is 4.03. The minimum Gasteiger partial charge on any atom is -0.331 e. The zero-order chi connectivity index (χ0) is 17.4. The zero-order valence-electron chi connectivity index (χ0n) is 14.7. The summed E-state index contributed by atoms with van der Waals surface area (Å²) in [5.74, 6) is 0.0931. The van der Waals surface area contributed by atoms with Crippen molar-refractivity contribution in [2.45, 2.75) is 45.6 Å². The van der Waals surface area contributed by atoms with Gasteiger partial charge in [-0.1, -0.05) is 12.8 Å². The van der Waals surface area contributed by atoms with Crippen LogP contribution in [0.3, 0.4) is 0 Å². The van der Waals surface area contributed by atoms with E-state index >= 15 is 0 Å². The summed E-state index contributed by atoms with van der Waals surface area (Å²) in [5, 5.41) is 7.42. The smallest absolute Gasteiger partial charge is 0.254 e. The van der Waals surface area contributed by atoms with Crippen molar-refractivity contribution >= 4 is 11.4 Å². The average molecular weight is 337 g/mol. The van der Waals surface area contributed by atoms with Crippen molar-refractivity contribution in [3.05, 3.63) is 53.4 Å². The summed E-state index contributed by atoms with van der Waals surface area (Å²) < 4.78 is 1.92. The number of aromatic nitrogens is 4. The molecule has 4 rings (SSSR count). The van der Waals surface area contributed by atoms with Crippen LogP contribution in [-0.2, 0) is 0 Å². The molecule has 25 heavy (non-hydrogen) atoms. The molecule has 1 fully saturated rings. The van der Waals surface area contributed by atoms with Gasteiger partial charge in [-0.15, -0.1) is 0 Å². The van der Waals surface area contributed by atoms with Gasteiger partial charge in [-0.2, -0.15) is 5.10 Å². The first-order valence-corrected chi connectivity index (χ1v) is 8.89. The van der Waals surface area contributed by atoms with Crippen LogP contribution in [0, 0.1) is 13.8 Å². The first-order valence-electron chi connectivity index (χ1n) is 8.89. The van der Waals surface area contributed by atoms with Crippen LogP contribution < -0.4 is 0 Å². The monoisotopic (exact) mass is 337 g/mol. The van der Waals surface area contributed by atoms with Gasteiger partial charge in [0.15, 0.2) is 0 Å². The van der Waals surface area contributed by atoms with E-state index in [-0.39, 0.29) is 11.9 Å². The molecule has 4 heterocycles. The van der Waals surface area contributed by atoms with Crippen LogP contribution in [-0.4, -0.2) is 36.9 Å². The first-order chi connectivity index (χ1) is 12.1. The maximum absolute atomic E-state index is 13.3. The van der Waals surface area contributed by atoms with E-state index in [4.69, 9.17) is 0 Å². The Balaban J connectivity index is 1.72. The maximum Gasteiger partial charge on any atom is 0.254 e. The van der Waals surface area contributed by atoms with E-state index in [2.05, 4.69) is 15.2 Å². The molecule has 6 heteroatoms. The highest BCUT2D eigenvalue weighted by molar-refractivity contribution is 5.95. The lowest BCUT2D eigenvalue weighted by Crippen LogP contribution is -2.35. The second-order valence-electron chi connectivity index (χ2n) is 6.85. The van der Waals surface area contributed by atoms with E-state index in [0.29, 0.717) is 0 Å². The van der Waals surface area contributed by atoms with E-state index in [0.717, 1.165) is 54.7 Å². The minimum absolute atomic E-state index is 0.0925. The van der Waals surface area contributed by atoms with Crippen molar-refractivity contribution in [3.8, 4) is 0 Å². The van der Waals surface area contributed by atoms with Gasteiger partial charge >= 0.3 is 0 Å². The Labute approximate surface area is 146 Å². The fourth-order valence-electron chi connectivity index (χ4n) is 3.92. The lowest BCUT2D eigenvalue weighted by atomic mass is 9.98. The third kappa shape index (κ3) is 2.81. The van der Waals surface area contributed by atoms with Gasteiger partial charge < -0.3 is 9.30 Å². The fraction of sp³-hybridized carbons (Fsp3) is 0.421. The Morgan fingerprint density at radius 2 is 2.16 bits per heavy atom. The SMILES string of the molecule is Cc1n[nH]c(C)c1[C@@H]1CCCCCN1C(=O)c1ccn2cncc2c1. The Bertz CT molecular complexity index is 890. The zero-order valence-corrected chi connectivity index (χ0v) is 14.7. The molecule has 6 nitrogen and oxygen atoms in total. The average Bonchev–Trinajstić information content (AvgIpc) is 3.13. The molecule has 0 aromatic carbocycles. The third-order valence-corrected chi connectivity index (χ3v) is 5.19. The van der Waals surface area contributed by atoms with Crippen LogP contribution >= 0.6 is 0 Å². The van der Waals surface area contributed by atoms with E-state index in [9.17, 15) is 4.79 Å². The number of nitrogens with one attached hydrogen (secondary N) is 1. The molecule has 3 aromatic heterocycles.